The third-order valence-electron chi connectivity index (χ3n) is 9.43. The molecule has 264 valence electrons. The second kappa shape index (κ2) is 28.8. The average molecular weight is 639 g/mol. The van der Waals surface area contributed by atoms with Crippen molar-refractivity contribution >= 4 is 5.91 Å². The first kappa shape index (κ1) is 41.6. The molecule has 0 aromatic rings. The number of rotatable bonds is 30. The molecule has 0 aromatic heterocycles. The molecule has 1 unspecified atom stereocenters. The van der Waals surface area contributed by atoms with Gasteiger partial charge < -0.3 is 25.0 Å². The zero-order chi connectivity index (χ0) is 33.0. The number of nitrogens with zero attached hydrogens (tertiary/aromatic N) is 4. The molecule has 0 aliphatic carbocycles. The lowest BCUT2D eigenvalue weighted by atomic mass is 9.95. The second-order valence-electron chi connectivity index (χ2n) is 13.4. The number of carbonyl (C=O) groups is 1. The van der Waals surface area contributed by atoms with Crippen LogP contribution in [0.15, 0.2) is 5.11 Å². The Labute approximate surface area is 275 Å². The monoisotopic (exact) mass is 639 g/mol. The van der Waals surface area contributed by atoms with Crippen molar-refractivity contribution in [2.24, 2.45) is 5.11 Å². The molecular weight excluding hydrogens is 568 g/mol. The minimum atomic E-state index is -1.43. The topological polar surface area (TPSA) is 139 Å². The van der Waals surface area contributed by atoms with E-state index in [9.17, 15) is 20.1 Å². The van der Waals surface area contributed by atoms with Crippen molar-refractivity contribution in [3.8, 4) is 0 Å². The molecule has 9 nitrogen and oxygen atoms in total. The molecule has 1 saturated heterocycles. The lowest BCUT2D eigenvalue weighted by Crippen LogP contribution is -2.63. The summed E-state index contributed by atoms with van der Waals surface area (Å²) in [5.41, 5.74) is 8.88. The minimum Gasteiger partial charge on any atom is -0.394 e. The zero-order valence-electron chi connectivity index (χ0n) is 29.1. The second-order valence-corrected chi connectivity index (χ2v) is 13.4. The van der Waals surface area contributed by atoms with E-state index in [4.69, 9.17) is 10.3 Å². The Hall–Kier alpha value is -1.38. The fraction of sp³-hybridized carbons (Fsp3) is 0.972. The van der Waals surface area contributed by atoms with Crippen molar-refractivity contribution in [3.05, 3.63) is 10.4 Å². The Bertz CT molecular complexity index is 749. The molecule has 1 fully saturated rings. The Morgan fingerprint density at radius 3 is 1.47 bits per heavy atom. The summed E-state index contributed by atoms with van der Waals surface area (Å²) in [5.74, 6) is -0.103. The van der Waals surface area contributed by atoms with Crippen LogP contribution in [0.3, 0.4) is 0 Å². The van der Waals surface area contributed by atoms with Crippen LogP contribution in [0.1, 0.15) is 181 Å². The van der Waals surface area contributed by atoms with Gasteiger partial charge in [-0.05, 0) is 18.4 Å². The lowest BCUT2D eigenvalue weighted by molar-refractivity contribution is -0.232. The summed E-state index contributed by atoms with van der Waals surface area (Å²) in [6, 6.07) is -1.11. The van der Waals surface area contributed by atoms with Crippen LogP contribution in [0.5, 0.6) is 0 Å². The number of azide groups is 1. The molecule has 45 heavy (non-hydrogen) atoms. The highest BCUT2D eigenvalue weighted by Crippen LogP contribution is 2.27. The summed E-state index contributed by atoms with van der Waals surface area (Å²) in [5, 5.41) is 35.0. The lowest BCUT2D eigenvalue weighted by Gasteiger charge is -2.45. The minimum absolute atomic E-state index is 0.103. The van der Waals surface area contributed by atoms with Crippen molar-refractivity contribution in [2.45, 2.75) is 211 Å². The largest absolute Gasteiger partial charge is 0.394 e. The number of unbranched alkanes of at least 4 members (excludes halogenated alkanes) is 23. The third-order valence-corrected chi connectivity index (χ3v) is 9.43. The molecule has 9 heteroatoms. The van der Waals surface area contributed by atoms with Gasteiger partial charge in [-0.25, -0.2) is 0 Å². The van der Waals surface area contributed by atoms with Crippen LogP contribution in [-0.2, 0) is 9.53 Å². The van der Waals surface area contributed by atoms with E-state index in [1.54, 1.807) is 4.90 Å². The molecule has 1 rings (SSSR count). The average Bonchev–Trinajstić information content (AvgIpc) is 3.04. The van der Waals surface area contributed by atoms with Crippen molar-refractivity contribution in [1.29, 1.82) is 0 Å². The molecule has 0 spiro atoms. The fourth-order valence-corrected chi connectivity index (χ4v) is 6.50. The predicted molar refractivity (Wildman–Crippen MR) is 184 cm³/mol. The van der Waals surface area contributed by atoms with Crippen molar-refractivity contribution in [3.63, 3.8) is 0 Å². The molecule has 0 bridgehead atoms. The fourth-order valence-electron chi connectivity index (χ4n) is 6.50. The van der Waals surface area contributed by atoms with Crippen LogP contribution in [0.2, 0.25) is 0 Å². The Morgan fingerprint density at radius 2 is 1.07 bits per heavy atom. The van der Waals surface area contributed by atoms with Gasteiger partial charge >= 0.3 is 0 Å². The summed E-state index contributed by atoms with van der Waals surface area (Å²) in [7, 11) is 0. The van der Waals surface area contributed by atoms with E-state index in [2.05, 4.69) is 23.9 Å². The van der Waals surface area contributed by atoms with Gasteiger partial charge in [-0.15, -0.1) is 0 Å². The molecule has 1 aliphatic heterocycles. The Morgan fingerprint density at radius 1 is 0.667 bits per heavy atom. The molecule has 1 aliphatic rings. The first-order chi connectivity index (χ1) is 22.0. The van der Waals surface area contributed by atoms with Gasteiger partial charge in [-0.3, -0.25) is 4.79 Å². The predicted octanol–water partition coefficient (Wildman–Crippen LogP) is 9.12. The summed E-state index contributed by atoms with van der Waals surface area (Å²) in [6.45, 7) is 4.43. The van der Waals surface area contributed by atoms with E-state index in [1.165, 1.54) is 122 Å². The molecule has 5 atom stereocenters. The Kier molecular flexibility index (Phi) is 26.7. The van der Waals surface area contributed by atoms with Gasteiger partial charge in [0.05, 0.1) is 24.9 Å². The first-order valence-electron chi connectivity index (χ1n) is 19.0. The maximum absolute atomic E-state index is 13.4. The summed E-state index contributed by atoms with van der Waals surface area (Å²) >= 11 is 0. The number of hydrogen-bond donors (Lipinski definition) is 3. The van der Waals surface area contributed by atoms with Gasteiger partial charge in [0.15, 0.2) is 6.23 Å². The van der Waals surface area contributed by atoms with Crippen LogP contribution < -0.4 is 0 Å². The number of aliphatic hydroxyl groups is 3. The molecule has 0 radical (unpaired) electrons. The molecular formula is C36H70N4O5. The van der Waals surface area contributed by atoms with Gasteiger partial charge in [0.1, 0.15) is 6.10 Å². The van der Waals surface area contributed by atoms with Crippen molar-refractivity contribution in [1.82, 2.24) is 4.90 Å². The van der Waals surface area contributed by atoms with Crippen LogP contribution in [0.4, 0.5) is 0 Å². The first-order valence-corrected chi connectivity index (χ1v) is 19.0. The van der Waals surface area contributed by atoms with Gasteiger partial charge in [0.2, 0.25) is 5.91 Å². The van der Waals surface area contributed by atoms with Crippen molar-refractivity contribution in [2.75, 3.05) is 13.2 Å². The third kappa shape index (κ3) is 19.1. The zero-order valence-corrected chi connectivity index (χ0v) is 29.1. The number of carbonyl (C=O) groups excluding carboxylic acids is 1. The number of amides is 1. The summed E-state index contributed by atoms with van der Waals surface area (Å²) in [6.07, 6.45) is 26.2. The number of aliphatic hydroxyl groups excluding tert-OH is 3. The molecule has 0 aromatic carbocycles. The van der Waals surface area contributed by atoms with Gasteiger partial charge in [0.25, 0.3) is 0 Å². The van der Waals surface area contributed by atoms with Crippen molar-refractivity contribution < 1.29 is 24.9 Å². The van der Waals surface area contributed by atoms with Crippen LogP contribution in [-0.4, -0.2) is 69.9 Å². The SMILES string of the molecule is CCCCCCCCCCCCCCCCCCN(C(=O)CCCCCCCCCCC)C1O[C@H](CO)[C@@H](N=[N+]=[N-])[C@H](O)[C@H]1O. The normalized spacial score (nSPS) is 21.5. The highest BCUT2D eigenvalue weighted by Gasteiger charge is 2.47. The van der Waals surface area contributed by atoms with Gasteiger partial charge in [0, 0.05) is 17.9 Å². The van der Waals surface area contributed by atoms with E-state index in [1.807, 2.05) is 0 Å². The van der Waals surface area contributed by atoms with Gasteiger partial charge in [-0.2, -0.15) is 0 Å². The van der Waals surface area contributed by atoms with Crippen LogP contribution in [0, 0.1) is 0 Å². The van der Waals surface area contributed by atoms with E-state index >= 15 is 0 Å². The quantitative estimate of drug-likeness (QED) is 0.0312. The highest BCUT2D eigenvalue weighted by molar-refractivity contribution is 5.76. The van der Waals surface area contributed by atoms with E-state index in [0.717, 1.165) is 38.5 Å². The van der Waals surface area contributed by atoms with Crippen LogP contribution >= 0.6 is 0 Å². The molecule has 3 N–H and O–H groups in total. The van der Waals surface area contributed by atoms with E-state index < -0.39 is 37.2 Å². The smallest absolute Gasteiger partial charge is 0.224 e. The van der Waals surface area contributed by atoms with Crippen LogP contribution in [0.25, 0.3) is 10.4 Å². The summed E-state index contributed by atoms with van der Waals surface area (Å²) < 4.78 is 5.92. The number of hydrogen-bond acceptors (Lipinski definition) is 6. The van der Waals surface area contributed by atoms with E-state index in [0.29, 0.717) is 13.0 Å². The maximum Gasteiger partial charge on any atom is 0.224 e. The molecule has 0 saturated carbocycles. The van der Waals surface area contributed by atoms with E-state index in [-0.39, 0.29) is 5.91 Å². The standard InChI is InChI=1S/C36H70N4O5/c1-3-5-7-9-11-13-14-15-16-17-18-19-21-23-25-27-29-40(32(42)28-26-24-22-20-12-10-8-6-4-2)36-35(44)34(43)33(38-39-37)31(30-41)45-36/h31,33-36,41,43-44H,3-30H2,1-2H3/t31-,33-,34+,35-,36?/m1/s1. The summed E-state index contributed by atoms with van der Waals surface area (Å²) in [4.78, 5) is 17.7. The Balaban J connectivity index is 2.43. The van der Waals surface area contributed by atoms with Gasteiger partial charge in [-0.1, -0.05) is 167 Å². The maximum atomic E-state index is 13.4. The number of ether oxygens (including phenoxy) is 1. The molecule has 1 amide bonds. The highest BCUT2D eigenvalue weighted by atomic mass is 16.5. The molecule has 1 heterocycles.